The molecule has 0 saturated carbocycles. The van der Waals surface area contributed by atoms with Gasteiger partial charge in [0, 0.05) is 20.2 Å². The van der Waals surface area contributed by atoms with Crippen LogP contribution in [0.5, 0.6) is 0 Å². The predicted molar refractivity (Wildman–Crippen MR) is 90.4 cm³/mol. The van der Waals surface area contributed by atoms with Crippen molar-refractivity contribution in [2.75, 3.05) is 6.54 Å². The van der Waals surface area contributed by atoms with E-state index in [1.807, 2.05) is 6.07 Å². The first-order valence-electron chi connectivity index (χ1n) is 7.63. The summed E-state index contributed by atoms with van der Waals surface area (Å²) in [4.78, 5) is 12.1. The summed E-state index contributed by atoms with van der Waals surface area (Å²) < 4.78 is 0. The highest BCUT2D eigenvalue weighted by Crippen LogP contribution is 2.29. The molecule has 1 aromatic rings. The van der Waals surface area contributed by atoms with Gasteiger partial charge < -0.3 is 5.32 Å². The summed E-state index contributed by atoms with van der Waals surface area (Å²) in [5.74, 6) is 0.578. The molecule has 0 aliphatic rings. The lowest BCUT2D eigenvalue weighted by molar-refractivity contribution is 0.0953. The Bertz CT molecular complexity index is 463. The van der Waals surface area contributed by atoms with Crippen molar-refractivity contribution in [1.29, 1.82) is 0 Å². The zero-order valence-corrected chi connectivity index (χ0v) is 14.8. The normalized spacial score (nSPS) is 13.1. The summed E-state index contributed by atoms with van der Waals surface area (Å²) in [6.07, 6.45) is 0.969. The first-order chi connectivity index (χ1) is 9.24. The first-order valence-corrected chi connectivity index (χ1v) is 11.3. The second-order valence-corrected chi connectivity index (χ2v) is 12.5. The van der Waals surface area contributed by atoms with E-state index >= 15 is 0 Å². The number of hydrogen-bond donors (Lipinski definition) is 1. The number of aryl methyl sites for hydroxylation is 1. The molecule has 3 heteroatoms. The van der Waals surface area contributed by atoms with Crippen LogP contribution in [0.4, 0.5) is 0 Å². The van der Waals surface area contributed by atoms with Crippen LogP contribution in [0.1, 0.15) is 47.7 Å². The highest BCUT2D eigenvalue weighted by molar-refractivity contribution is 6.76. The van der Waals surface area contributed by atoms with Crippen LogP contribution in [-0.2, 0) is 0 Å². The van der Waals surface area contributed by atoms with Gasteiger partial charge in [-0.25, -0.2) is 0 Å². The third kappa shape index (κ3) is 5.12. The second kappa shape index (κ2) is 7.07. The standard InChI is InChI=1S/C17H29NOSi/c1-7-10-18-17(19)15-9-8-13(2)16(11-15)14(3)12-20(4,5)6/h8-9,11,14H,7,10,12H2,1-6H3,(H,18,19). The minimum Gasteiger partial charge on any atom is -0.352 e. The molecule has 1 unspecified atom stereocenters. The Morgan fingerprint density at radius 3 is 2.50 bits per heavy atom. The number of hydrogen-bond acceptors (Lipinski definition) is 1. The van der Waals surface area contributed by atoms with Gasteiger partial charge in [0.05, 0.1) is 0 Å². The maximum absolute atomic E-state index is 12.1. The number of carbonyl (C=O) groups excluding carboxylic acids is 1. The summed E-state index contributed by atoms with van der Waals surface area (Å²) in [6.45, 7) is 14.4. The summed E-state index contributed by atoms with van der Waals surface area (Å²) in [6, 6.07) is 7.36. The molecule has 1 N–H and O–H groups in total. The summed E-state index contributed by atoms with van der Waals surface area (Å²) in [7, 11) is -1.09. The van der Waals surface area contributed by atoms with Crippen molar-refractivity contribution in [2.45, 2.75) is 58.8 Å². The summed E-state index contributed by atoms with van der Waals surface area (Å²) in [5, 5.41) is 2.95. The maximum Gasteiger partial charge on any atom is 0.251 e. The summed E-state index contributed by atoms with van der Waals surface area (Å²) >= 11 is 0. The van der Waals surface area contributed by atoms with Crippen molar-refractivity contribution in [2.24, 2.45) is 0 Å². The second-order valence-electron chi connectivity index (χ2n) is 6.99. The van der Waals surface area contributed by atoms with Gasteiger partial charge in [0.2, 0.25) is 0 Å². The van der Waals surface area contributed by atoms with Crippen molar-refractivity contribution < 1.29 is 4.79 Å². The first kappa shape index (κ1) is 17.0. The quantitative estimate of drug-likeness (QED) is 0.764. The minimum absolute atomic E-state index is 0.0494. The van der Waals surface area contributed by atoms with E-state index in [1.54, 1.807) is 0 Å². The van der Waals surface area contributed by atoms with Crippen LogP contribution in [0, 0.1) is 6.92 Å². The molecule has 0 radical (unpaired) electrons. The largest absolute Gasteiger partial charge is 0.352 e. The van der Waals surface area contributed by atoms with Gasteiger partial charge in [-0.2, -0.15) is 0 Å². The number of rotatable bonds is 6. The van der Waals surface area contributed by atoms with Crippen molar-refractivity contribution in [1.82, 2.24) is 5.32 Å². The van der Waals surface area contributed by atoms with E-state index in [-0.39, 0.29) is 5.91 Å². The zero-order valence-electron chi connectivity index (χ0n) is 13.8. The third-order valence-electron chi connectivity index (χ3n) is 3.53. The molecule has 112 valence electrons. The van der Waals surface area contributed by atoms with Gasteiger partial charge in [-0.1, -0.05) is 45.6 Å². The Labute approximate surface area is 125 Å². The Morgan fingerprint density at radius 1 is 1.30 bits per heavy atom. The summed E-state index contributed by atoms with van der Waals surface area (Å²) in [5.41, 5.74) is 3.42. The SMILES string of the molecule is CCCNC(=O)c1ccc(C)c(C(C)C[Si](C)(C)C)c1. The van der Waals surface area contributed by atoms with Crippen molar-refractivity contribution in [3.8, 4) is 0 Å². The Hall–Kier alpha value is -1.09. The molecule has 0 aromatic heterocycles. The molecule has 20 heavy (non-hydrogen) atoms. The fourth-order valence-corrected chi connectivity index (χ4v) is 4.74. The van der Waals surface area contributed by atoms with E-state index in [9.17, 15) is 4.79 Å². The van der Waals surface area contributed by atoms with Gasteiger partial charge in [-0.15, -0.1) is 0 Å². The molecule has 1 rings (SSSR count). The van der Waals surface area contributed by atoms with E-state index < -0.39 is 8.07 Å². The van der Waals surface area contributed by atoms with Crippen LogP contribution >= 0.6 is 0 Å². The average molecular weight is 292 g/mol. The molecule has 0 spiro atoms. The van der Waals surface area contributed by atoms with E-state index in [0.717, 1.165) is 18.5 Å². The van der Waals surface area contributed by atoms with Crippen LogP contribution < -0.4 is 5.32 Å². The van der Waals surface area contributed by atoms with Crippen LogP contribution in [0.2, 0.25) is 25.7 Å². The average Bonchev–Trinajstić information content (AvgIpc) is 2.34. The highest BCUT2D eigenvalue weighted by Gasteiger charge is 2.20. The van der Waals surface area contributed by atoms with Gasteiger partial charge in [0.15, 0.2) is 0 Å². The van der Waals surface area contributed by atoms with E-state index in [1.165, 1.54) is 17.2 Å². The van der Waals surface area contributed by atoms with Crippen LogP contribution in [-0.4, -0.2) is 20.5 Å². The molecule has 0 bridgehead atoms. The van der Waals surface area contributed by atoms with Gasteiger partial charge in [-0.3, -0.25) is 4.79 Å². The molecule has 0 aliphatic carbocycles. The topological polar surface area (TPSA) is 29.1 Å². The van der Waals surface area contributed by atoms with E-state index in [4.69, 9.17) is 0 Å². The Balaban J connectivity index is 2.94. The maximum atomic E-state index is 12.1. The molecule has 1 amide bonds. The minimum atomic E-state index is -1.09. The fourth-order valence-electron chi connectivity index (χ4n) is 2.68. The number of carbonyl (C=O) groups is 1. The molecule has 0 fully saturated rings. The van der Waals surface area contributed by atoms with Gasteiger partial charge in [-0.05, 0) is 42.5 Å². The van der Waals surface area contributed by atoms with Crippen molar-refractivity contribution >= 4 is 14.0 Å². The van der Waals surface area contributed by atoms with Gasteiger partial charge in [0.1, 0.15) is 0 Å². The monoisotopic (exact) mass is 291 g/mol. The van der Waals surface area contributed by atoms with Crippen LogP contribution in [0.3, 0.4) is 0 Å². The van der Waals surface area contributed by atoms with Gasteiger partial charge in [0.25, 0.3) is 5.91 Å². The molecule has 0 heterocycles. The van der Waals surface area contributed by atoms with Crippen molar-refractivity contribution in [3.63, 3.8) is 0 Å². The van der Waals surface area contributed by atoms with Crippen LogP contribution in [0.15, 0.2) is 18.2 Å². The number of amides is 1. The number of nitrogens with one attached hydrogen (secondary N) is 1. The Kier molecular flexibility index (Phi) is 6.00. The molecule has 2 nitrogen and oxygen atoms in total. The molecule has 0 saturated heterocycles. The lowest BCUT2D eigenvalue weighted by atomic mass is 9.95. The predicted octanol–water partition coefficient (Wildman–Crippen LogP) is 4.58. The fraction of sp³-hybridized carbons (Fsp3) is 0.588. The lowest BCUT2D eigenvalue weighted by Crippen LogP contribution is -2.25. The van der Waals surface area contributed by atoms with Crippen LogP contribution in [0.25, 0.3) is 0 Å². The number of benzene rings is 1. The Morgan fingerprint density at radius 2 is 1.95 bits per heavy atom. The highest BCUT2D eigenvalue weighted by atomic mass is 28.3. The molecule has 0 aliphatic heterocycles. The molecular formula is C17H29NOSi. The van der Waals surface area contributed by atoms with E-state index in [2.05, 4.69) is 57.9 Å². The smallest absolute Gasteiger partial charge is 0.251 e. The van der Waals surface area contributed by atoms with E-state index in [0.29, 0.717) is 5.92 Å². The lowest BCUT2D eigenvalue weighted by Gasteiger charge is -2.23. The van der Waals surface area contributed by atoms with Crippen molar-refractivity contribution in [3.05, 3.63) is 34.9 Å². The third-order valence-corrected chi connectivity index (χ3v) is 5.36. The molecular weight excluding hydrogens is 262 g/mol. The molecule has 1 aromatic carbocycles. The van der Waals surface area contributed by atoms with Gasteiger partial charge >= 0.3 is 0 Å². The zero-order chi connectivity index (χ0) is 15.3. The molecule has 1 atom stereocenters.